The van der Waals surface area contributed by atoms with Gasteiger partial charge in [0.15, 0.2) is 0 Å². The molecule has 8 nitrogen and oxygen atoms in total. The maximum absolute atomic E-state index is 9.16. The molecular weight excluding hydrogens is 284 g/mol. The topological polar surface area (TPSA) is 129 Å². The highest BCUT2D eigenvalue weighted by Crippen LogP contribution is 2.00. The number of hydrogen-bond acceptors (Lipinski definition) is 8. The van der Waals surface area contributed by atoms with E-state index in [-0.39, 0.29) is 52.4 Å². The van der Waals surface area contributed by atoms with E-state index in [1.54, 1.807) is 0 Å². The average Bonchev–Trinajstić information content (AvgIpc) is 2.50. The Kier molecular flexibility index (Phi) is 14.4. The van der Waals surface area contributed by atoms with Crippen LogP contribution in [0.15, 0.2) is 0 Å². The third-order valence-corrected chi connectivity index (χ3v) is 2.56. The minimum atomic E-state index is -0.933. The van der Waals surface area contributed by atoms with E-state index in [0.29, 0.717) is 19.4 Å². The molecule has 0 aliphatic heterocycles. The van der Waals surface area contributed by atoms with Crippen molar-refractivity contribution in [3.05, 3.63) is 0 Å². The van der Waals surface area contributed by atoms with Crippen molar-refractivity contribution >= 4 is 0 Å². The van der Waals surface area contributed by atoms with Crippen LogP contribution in [0.25, 0.3) is 0 Å². The summed E-state index contributed by atoms with van der Waals surface area (Å²) < 4.78 is 16.0. The minimum Gasteiger partial charge on any atom is -0.396 e. The van der Waals surface area contributed by atoms with Gasteiger partial charge in [-0.3, -0.25) is 0 Å². The highest BCUT2D eigenvalue weighted by atomic mass is 16.6. The molecule has 2 unspecified atom stereocenters. The lowest BCUT2D eigenvalue weighted by atomic mass is 10.3. The smallest absolute Gasteiger partial charge is 0.104 e. The summed E-state index contributed by atoms with van der Waals surface area (Å²) in [7, 11) is 0. The molecule has 0 radical (unpaired) electrons. The van der Waals surface area contributed by atoms with E-state index in [9.17, 15) is 0 Å². The zero-order valence-corrected chi connectivity index (χ0v) is 12.3. The number of hydrogen-bond donors (Lipinski definition) is 5. The van der Waals surface area contributed by atoms with Crippen LogP contribution in [-0.2, 0) is 14.2 Å². The van der Waals surface area contributed by atoms with Crippen LogP contribution in [0.5, 0.6) is 0 Å². The van der Waals surface area contributed by atoms with Gasteiger partial charge in [-0.15, -0.1) is 0 Å². The van der Waals surface area contributed by atoms with Crippen molar-refractivity contribution in [2.75, 3.05) is 52.9 Å². The Balaban J connectivity index is 3.90. The largest absolute Gasteiger partial charge is 0.396 e. The monoisotopic (exact) mass is 312 g/mol. The second kappa shape index (κ2) is 14.6. The highest BCUT2D eigenvalue weighted by Gasteiger charge is 2.13. The van der Waals surface area contributed by atoms with Gasteiger partial charge in [-0.2, -0.15) is 0 Å². The van der Waals surface area contributed by atoms with Gasteiger partial charge in [-0.25, -0.2) is 0 Å². The molecule has 0 aliphatic rings. The van der Waals surface area contributed by atoms with Crippen LogP contribution < -0.4 is 0 Å². The number of aliphatic hydroxyl groups is 5. The van der Waals surface area contributed by atoms with Crippen LogP contribution in [0, 0.1) is 0 Å². The van der Waals surface area contributed by atoms with Gasteiger partial charge in [0, 0.05) is 13.2 Å². The molecule has 0 saturated carbocycles. The summed E-state index contributed by atoms with van der Waals surface area (Å²) >= 11 is 0. The molecule has 21 heavy (non-hydrogen) atoms. The Bertz CT molecular complexity index is 200. The lowest BCUT2D eigenvalue weighted by Crippen LogP contribution is -2.31. The van der Waals surface area contributed by atoms with Gasteiger partial charge in [0.25, 0.3) is 0 Å². The zero-order chi connectivity index (χ0) is 15.9. The second-order valence-electron chi connectivity index (χ2n) is 4.67. The van der Waals surface area contributed by atoms with Crippen LogP contribution in [0.3, 0.4) is 0 Å². The van der Waals surface area contributed by atoms with Crippen molar-refractivity contribution in [2.24, 2.45) is 0 Å². The predicted molar refractivity (Wildman–Crippen MR) is 73.9 cm³/mol. The lowest BCUT2D eigenvalue weighted by Gasteiger charge is -2.19. The van der Waals surface area contributed by atoms with Crippen LogP contribution in [0.2, 0.25) is 0 Å². The van der Waals surface area contributed by atoms with E-state index in [0.717, 1.165) is 0 Å². The number of rotatable bonds is 15. The highest BCUT2D eigenvalue weighted by molar-refractivity contribution is 4.59. The van der Waals surface area contributed by atoms with Crippen molar-refractivity contribution in [2.45, 2.75) is 31.2 Å². The molecule has 0 aliphatic carbocycles. The molecule has 0 aromatic carbocycles. The molecule has 0 aromatic heterocycles. The molecule has 128 valence electrons. The minimum absolute atomic E-state index is 0.00767. The molecule has 0 fully saturated rings. The standard InChI is InChI=1S/C13H28O8/c14-3-1-2-4-21-13(9-19-7-11(17)5-15)10-20-8-12(18)6-16/h11-18H,1-10H2. The SMILES string of the molecule is OCCCCOC(COCC(O)CO)COCC(O)CO. The summed E-state index contributed by atoms with van der Waals surface area (Å²) in [6, 6.07) is 0. The fourth-order valence-electron chi connectivity index (χ4n) is 1.38. The molecule has 0 bridgehead atoms. The summed E-state index contributed by atoms with van der Waals surface area (Å²) in [5, 5.41) is 44.3. The molecule has 8 heteroatoms. The fourth-order valence-corrected chi connectivity index (χ4v) is 1.38. The molecule has 5 N–H and O–H groups in total. The Labute approximate surface area is 124 Å². The Morgan fingerprint density at radius 2 is 1.24 bits per heavy atom. The second-order valence-corrected chi connectivity index (χ2v) is 4.67. The first-order valence-corrected chi connectivity index (χ1v) is 7.09. The van der Waals surface area contributed by atoms with E-state index in [4.69, 9.17) is 39.7 Å². The van der Waals surface area contributed by atoms with Crippen molar-refractivity contribution in [1.29, 1.82) is 0 Å². The maximum Gasteiger partial charge on any atom is 0.104 e. The van der Waals surface area contributed by atoms with Crippen molar-refractivity contribution < 1.29 is 39.7 Å². The molecule has 0 aromatic rings. The van der Waals surface area contributed by atoms with Gasteiger partial charge in [0.1, 0.15) is 18.3 Å². The van der Waals surface area contributed by atoms with Crippen molar-refractivity contribution in [1.82, 2.24) is 0 Å². The molecule has 2 atom stereocenters. The Morgan fingerprint density at radius 3 is 1.67 bits per heavy atom. The van der Waals surface area contributed by atoms with Crippen LogP contribution >= 0.6 is 0 Å². The van der Waals surface area contributed by atoms with E-state index in [1.165, 1.54) is 0 Å². The van der Waals surface area contributed by atoms with Crippen molar-refractivity contribution in [3.8, 4) is 0 Å². The predicted octanol–water partition coefficient (Wildman–Crippen LogP) is -2.12. The third-order valence-electron chi connectivity index (χ3n) is 2.56. The summed E-state index contributed by atoms with van der Waals surface area (Å²) in [6.07, 6.45) is -0.915. The zero-order valence-electron chi connectivity index (χ0n) is 12.3. The quantitative estimate of drug-likeness (QED) is 0.217. The van der Waals surface area contributed by atoms with Crippen LogP contribution in [0.1, 0.15) is 12.8 Å². The normalized spacial score (nSPS) is 15.9. The Hall–Kier alpha value is -0.320. The van der Waals surface area contributed by atoms with Crippen LogP contribution in [0.4, 0.5) is 0 Å². The van der Waals surface area contributed by atoms with Gasteiger partial charge in [-0.1, -0.05) is 0 Å². The van der Waals surface area contributed by atoms with E-state index in [1.807, 2.05) is 0 Å². The first kappa shape index (κ1) is 20.7. The van der Waals surface area contributed by atoms with E-state index >= 15 is 0 Å². The van der Waals surface area contributed by atoms with Gasteiger partial charge >= 0.3 is 0 Å². The summed E-state index contributed by atoms with van der Waals surface area (Å²) in [6.45, 7) is 0.118. The molecule has 0 saturated heterocycles. The maximum atomic E-state index is 9.16. The van der Waals surface area contributed by atoms with Gasteiger partial charge in [-0.05, 0) is 12.8 Å². The molecule has 0 rings (SSSR count). The van der Waals surface area contributed by atoms with Crippen LogP contribution in [-0.4, -0.2) is 96.7 Å². The summed E-state index contributed by atoms with van der Waals surface area (Å²) in [4.78, 5) is 0. The fraction of sp³-hybridized carbons (Fsp3) is 1.00. The average molecular weight is 312 g/mol. The first-order chi connectivity index (χ1) is 10.1. The molecule has 0 spiro atoms. The summed E-state index contributed by atoms with van der Waals surface area (Å²) in [5.74, 6) is 0. The van der Waals surface area contributed by atoms with Gasteiger partial charge in [0.2, 0.25) is 0 Å². The third kappa shape index (κ3) is 13.1. The Morgan fingerprint density at radius 1 is 0.714 bits per heavy atom. The molecule has 0 heterocycles. The van der Waals surface area contributed by atoms with Crippen molar-refractivity contribution in [3.63, 3.8) is 0 Å². The summed E-state index contributed by atoms with van der Waals surface area (Å²) in [5.41, 5.74) is 0. The molecule has 0 amide bonds. The van der Waals surface area contributed by atoms with E-state index in [2.05, 4.69) is 0 Å². The van der Waals surface area contributed by atoms with Gasteiger partial charge < -0.3 is 39.7 Å². The number of ether oxygens (including phenoxy) is 3. The number of unbranched alkanes of at least 4 members (excludes halogenated alkanes) is 1. The molecular formula is C13H28O8. The first-order valence-electron chi connectivity index (χ1n) is 7.09. The van der Waals surface area contributed by atoms with E-state index < -0.39 is 12.2 Å². The lowest BCUT2D eigenvalue weighted by molar-refractivity contribution is -0.0881. The number of aliphatic hydroxyl groups excluding tert-OH is 5. The van der Waals surface area contributed by atoms with Gasteiger partial charge in [0.05, 0.1) is 39.6 Å².